The highest BCUT2D eigenvalue weighted by atomic mass is 35.5. The van der Waals surface area contributed by atoms with Gasteiger partial charge < -0.3 is 19.7 Å². The number of hydrogen-bond acceptors (Lipinski definition) is 4. The van der Waals surface area contributed by atoms with Crippen LogP contribution in [0.1, 0.15) is 37.8 Å². The van der Waals surface area contributed by atoms with Crippen LogP contribution in [0.15, 0.2) is 72.8 Å². The number of benzene rings is 3. The fraction of sp³-hybridized carbons (Fsp3) is 0.333. The summed E-state index contributed by atoms with van der Waals surface area (Å²) in [5.74, 6) is 1.07. The molecule has 6 nitrogen and oxygen atoms in total. The highest BCUT2D eigenvalue weighted by Gasteiger charge is 2.31. The molecule has 1 N–H and O–H groups in total. The Labute approximate surface area is 234 Å². The summed E-state index contributed by atoms with van der Waals surface area (Å²) < 4.78 is 11.0. The summed E-state index contributed by atoms with van der Waals surface area (Å²) in [6.07, 6.45) is 1.07. The van der Waals surface area contributed by atoms with E-state index in [9.17, 15) is 9.59 Å². The van der Waals surface area contributed by atoms with Crippen molar-refractivity contribution in [1.82, 2.24) is 10.2 Å². The van der Waals surface area contributed by atoms with E-state index in [0.717, 1.165) is 11.3 Å². The summed E-state index contributed by atoms with van der Waals surface area (Å²) in [4.78, 5) is 28.7. The largest absolute Gasteiger partial charge is 0.497 e. The predicted molar refractivity (Wildman–Crippen MR) is 152 cm³/mol. The predicted octanol–water partition coefficient (Wildman–Crippen LogP) is 6.33. The Kier molecular flexibility index (Phi) is 11.3. The molecule has 202 valence electrons. The van der Waals surface area contributed by atoms with E-state index in [-0.39, 0.29) is 30.8 Å². The van der Waals surface area contributed by atoms with E-state index in [1.165, 1.54) is 0 Å². The van der Waals surface area contributed by atoms with E-state index in [2.05, 4.69) is 5.32 Å². The van der Waals surface area contributed by atoms with Crippen LogP contribution >= 0.6 is 23.2 Å². The molecular formula is C30H34Cl2N2O4. The molecule has 0 saturated heterocycles. The number of carbonyl (C=O) groups excluding carboxylic acids is 2. The van der Waals surface area contributed by atoms with Gasteiger partial charge in [-0.2, -0.15) is 0 Å². The Morgan fingerprint density at radius 3 is 2.26 bits per heavy atom. The fourth-order valence-corrected chi connectivity index (χ4v) is 4.47. The average molecular weight is 558 g/mol. The smallest absolute Gasteiger partial charge is 0.243 e. The Bertz CT molecular complexity index is 1190. The van der Waals surface area contributed by atoms with Crippen molar-refractivity contribution in [2.45, 2.75) is 51.7 Å². The van der Waals surface area contributed by atoms with Gasteiger partial charge in [-0.3, -0.25) is 9.59 Å². The van der Waals surface area contributed by atoms with Crippen LogP contribution < -0.4 is 14.8 Å². The molecule has 0 radical (unpaired) electrons. The van der Waals surface area contributed by atoms with Crippen LogP contribution in [0.25, 0.3) is 0 Å². The van der Waals surface area contributed by atoms with Crippen molar-refractivity contribution < 1.29 is 19.1 Å². The average Bonchev–Trinajstić information content (AvgIpc) is 2.90. The molecule has 3 aromatic carbocycles. The summed E-state index contributed by atoms with van der Waals surface area (Å²) in [7, 11) is 1.61. The Morgan fingerprint density at radius 1 is 0.947 bits per heavy atom. The first-order valence-electron chi connectivity index (χ1n) is 12.6. The van der Waals surface area contributed by atoms with E-state index < -0.39 is 6.04 Å². The maximum absolute atomic E-state index is 13.6. The highest BCUT2D eigenvalue weighted by Crippen LogP contribution is 2.25. The van der Waals surface area contributed by atoms with E-state index >= 15 is 0 Å². The normalized spacial score (nSPS) is 11.6. The van der Waals surface area contributed by atoms with E-state index in [1.807, 2.05) is 68.4 Å². The van der Waals surface area contributed by atoms with Crippen molar-refractivity contribution in [2.75, 3.05) is 13.7 Å². The van der Waals surface area contributed by atoms with Gasteiger partial charge in [-0.05, 0) is 67.8 Å². The second-order valence-electron chi connectivity index (χ2n) is 9.25. The van der Waals surface area contributed by atoms with Crippen LogP contribution in [0.4, 0.5) is 0 Å². The zero-order valence-electron chi connectivity index (χ0n) is 22.0. The summed E-state index contributed by atoms with van der Waals surface area (Å²) in [5, 5.41) is 3.93. The third kappa shape index (κ3) is 8.96. The monoisotopic (exact) mass is 556 g/mol. The summed E-state index contributed by atoms with van der Waals surface area (Å²) >= 11 is 12.6. The third-order valence-electron chi connectivity index (χ3n) is 5.92. The molecule has 0 heterocycles. The maximum Gasteiger partial charge on any atom is 0.243 e. The standard InChI is InChI=1S/C30H34Cl2N2O4/c1-21(2)33-30(36)28(18-22-8-5-4-6-9-22)34(20-23-11-12-24(31)19-27(23)32)29(35)10-7-17-38-26-15-13-25(37-3)14-16-26/h4-6,8-9,11-16,19,21,28H,7,10,17-18,20H2,1-3H3,(H,33,36). The molecular weight excluding hydrogens is 523 g/mol. The van der Waals surface area contributed by atoms with Crippen molar-refractivity contribution >= 4 is 35.0 Å². The van der Waals surface area contributed by atoms with Gasteiger partial charge in [-0.15, -0.1) is 0 Å². The lowest BCUT2D eigenvalue weighted by Gasteiger charge is -2.32. The molecule has 0 aliphatic heterocycles. The van der Waals surface area contributed by atoms with Gasteiger partial charge in [0, 0.05) is 35.5 Å². The molecule has 0 bridgehead atoms. The van der Waals surface area contributed by atoms with Crippen LogP contribution in [0, 0.1) is 0 Å². The Balaban J connectivity index is 1.79. The number of ether oxygens (including phenoxy) is 2. The van der Waals surface area contributed by atoms with Gasteiger partial charge in [0.2, 0.25) is 11.8 Å². The van der Waals surface area contributed by atoms with Crippen LogP contribution in [0.5, 0.6) is 11.5 Å². The third-order valence-corrected chi connectivity index (χ3v) is 6.51. The molecule has 38 heavy (non-hydrogen) atoms. The first-order valence-corrected chi connectivity index (χ1v) is 13.4. The van der Waals surface area contributed by atoms with Gasteiger partial charge in [-0.1, -0.05) is 59.6 Å². The van der Waals surface area contributed by atoms with E-state index in [1.54, 1.807) is 30.2 Å². The van der Waals surface area contributed by atoms with Gasteiger partial charge in [0.1, 0.15) is 17.5 Å². The van der Waals surface area contributed by atoms with Crippen molar-refractivity contribution in [1.29, 1.82) is 0 Å². The van der Waals surface area contributed by atoms with Crippen LogP contribution in [0.2, 0.25) is 10.0 Å². The van der Waals surface area contributed by atoms with Crippen molar-refractivity contribution in [3.05, 3.63) is 94.0 Å². The SMILES string of the molecule is COc1ccc(OCCCC(=O)N(Cc2ccc(Cl)cc2Cl)C(Cc2ccccc2)C(=O)NC(C)C)cc1. The van der Waals surface area contributed by atoms with E-state index in [0.29, 0.717) is 40.8 Å². The lowest BCUT2D eigenvalue weighted by molar-refractivity contribution is -0.141. The minimum Gasteiger partial charge on any atom is -0.497 e. The van der Waals surface area contributed by atoms with Gasteiger partial charge in [0.15, 0.2) is 0 Å². The Hall–Kier alpha value is -3.22. The molecule has 0 aliphatic carbocycles. The second kappa shape index (κ2) is 14.6. The quantitative estimate of drug-likeness (QED) is 0.250. The highest BCUT2D eigenvalue weighted by molar-refractivity contribution is 6.35. The molecule has 8 heteroatoms. The molecule has 1 atom stereocenters. The number of nitrogens with one attached hydrogen (secondary N) is 1. The van der Waals surface area contributed by atoms with Gasteiger partial charge >= 0.3 is 0 Å². The van der Waals surface area contributed by atoms with Crippen LogP contribution in [-0.2, 0) is 22.6 Å². The molecule has 0 saturated carbocycles. The first kappa shape index (κ1) is 29.3. The molecule has 1 unspecified atom stereocenters. The number of carbonyl (C=O) groups is 2. The number of amides is 2. The maximum atomic E-state index is 13.6. The number of hydrogen-bond donors (Lipinski definition) is 1. The number of rotatable bonds is 13. The number of methoxy groups -OCH3 is 1. The molecule has 0 spiro atoms. The molecule has 0 fully saturated rings. The first-order chi connectivity index (χ1) is 18.3. The molecule has 3 rings (SSSR count). The lowest BCUT2D eigenvalue weighted by Crippen LogP contribution is -2.51. The topological polar surface area (TPSA) is 67.9 Å². The zero-order chi connectivity index (χ0) is 27.5. The minimum absolute atomic E-state index is 0.0743. The fourth-order valence-electron chi connectivity index (χ4n) is 4.00. The van der Waals surface area contributed by atoms with Gasteiger partial charge in [-0.25, -0.2) is 0 Å². The molecule has 0 aliphatic rings. The molecule has 0 aromatic heterocycles. The minimum atomic E-state index is -0.721. The zero-order valence-corrected chi connectivity index (χ0v) is 23.5. The summed E-state index contributed by atoms with van der Waals surface area (Å²) in [5.41, 5.74) is 1.67. The Morgan fingerprint density at radius 2 is 1.63 bits per heavy atom. The van der Waals surface area contributed by atoms with Crippen molar-refractivity contribution in [2.24, 2.45) is 0 Å². The number of halogens is 2. The molecule has 2 amide bonds. The lowest BCUT2D eigenvalue weighted by atomic mass is 10.0. The van der Waals surface area contributed by atoms with Crippen molar-refractivity contribution in [3.63, 3.8) is 0 Å². The second-order valence-corrected chi connectivity index (χ2v) is 10.1. The van der Waals surface area contributed by atoms with Gasteiger partial charge in [0.05, 0.1) is 13.7 Å². The summed E-state index contributed by atoms with van der Waals surface area (Å²) in [6.45, 7) is 4.33. The van der Waals surface area contributed by atoms with Crippen LogP contribution in [-0.4, -0.2) is 42.5 Å². The van der Waals surface area contributed by atoms with Gasteiger partial charge in [0.25, 0.3) is 0 Å². The number of nitrogens with zero attached hydrogens (tertiary/aromatic N) is 1. The molecule has 3 aromatic rings. The van der Waals surface area contributed by atoms with E-state index in [4.69, 9.17) is 32.7 Å². The van der Waals surface area contributed by atoms with Crippen LogP contribution in [0.3, 0.4) is 0 Å². The van der Waals surface area contributed by atoms with Crippen molar-refractivity contribution in [3.8, 4) is 11.5 Å². The summed E-state index contributed by atoms with van der Waals surface area (Å²) in [6, 6.07) is 21.3.